The summed E-state index contributed by atoms with van der Waals surface area (Å²) in [6.07, 6.45) is 3.27. The van der Waals surface area contributed by atoms with Gasteiger partial charge in [0.1, 0.15) is 5.69 Å². The van der Waals surface area contributed by atoms with Gasteiger partial charge in [-0.25, -0.2) is 9.97 Å². The molecule has 0 bridgehead atoms. The molecule has 0 unspecified atom stereocenters. The molecular weight excluding hydrogens is 371 g/mol. The van der Waals surface area contributed by atoms with Crippen LogP contribution in [0.3, 0.4) is 0 Å². The van der Waals surface area contributed by atoms with Crippen LogP contribution in [0.15, 0.2) is 30.6 Å². The van der Waals surface area contributed by atoms with Crippen molar-refractivity contribution in [2.45, 2.75) is 19.5 Å². The number of anilines is 1. The third-order valence-corrected chi connectivity index (χ3v) is 4.13. The van der Waals surface area contributed by atoms with Crippen LogP contribution in [0.2, 0.25) is 0 Å². The third-order valence-electron chi connectivity index (χ3n) is 4.13. The number of alkyl halides is 3. The number of imidazole rings is 1. The molecule has 6 nitrogen and oxygen atoms in total. The summed E-state index contributed by atoms with van der Waals surface area (Å²) in [6, 6.07) is 5.09. The molecule has 0 atom stereocenters. The maximum absolute atomic E-state index is 12.4. The Hall–Kier alpha value is -3.54. The number of amides is 1. The van der Waals surface area contributed by atoms with E-state index in [0.717, 1.165) is 5.56 Å². The van der Waals surface area contributed by atoms with Crippen molar-refractivity contribution >= 4 is 17.4 Å². The van der Waals surface area contributed by atoms with E-state index >= 15 is 0 Å². The molecule has 0 saturated heterocycles. The Morgan fingerprint density at radius 2 is 2.14 bits per heavy atom. The van der Waals surface area contributed by atoms with Crippen LogP contribution in [0.25, 0.3) is 16.9 Å². The first kappa shape index (κ1) is 19.2. The van der Waals surface area contributed by atoms with E-state index in [0.29, 0.717) is 22.5 Å². The summed E-state index contributed by atoms with van der Waals surface area (Å²) in [7, 11) is 0. The van der Waals surface area contributed by atoms with Gasteiger partial charge in [-0.1, -0.05) is 6.07 Å². The molecule has 3 N–H and O–H groups in total. The van der Waals surface area contributed by atoms with Gasteiger partial charge in [-0.15, -0.1) is 6.42 Å². The summed E-state index contributed by atoms with van der Waals surface area (Å²) in [4.78, 5) is 19.8. The molecule has 1 aromatic carbocycles. The maximum Gasteiger partial charge on any atom is 0.390 e. The number of nitrogens with two attached hydrogens (primary N) is 1. The fourth-order valence-electron chi connectivity index (χ4n) is 2.81. The molecule has 0 aliphatic heterocycles. The van der Waals surface area contributed by atoms with Crippen molar-refractivity contribution in [1.29, 1.82) is 0 Å². The smallest absolute Gasteiger partial charge is 0.367 e. The lowest BCUT2D eigenvalue weighted by molar-refractivity contribution is -0.131. The number of carbonyl (C=O) groups is 1. The fourth-order valence-corrected chi connectivity index (χ4v) is 2.81. The van der Waals surface area contributed by atoms with Crippen LogP contribution in [0, 0.1) is 19.3 Å². The van der Waals surface area contributed by atoms with Crippen molar-refractivity contribution < 1.29 is 18.0 Å². The second-order valence-corrected chi connectivity index (χ2v) is 6.14. The molecule has 28 heavy (non-hydrogen) atoms. The minimum Gasteiger partial charge on any atom is -0.367 e. The first-order chi connectivity index (χ1) is 13.2. The predicted octanol–water partition coefficient (Wildman–Crippen LogP) is 3.15. The number of benzene rings is 1. The van der Waals surface area contributed by atoms with Crippen molar-refractivity contribution in [3.63, 3.8) is 0 Å². The second kappa shape index (κ2) is 7.23. The van der Waals surface area contributed by atoms with E-state index in [9.17, 15) is 18.0 Å². The standard InChI is InChI=1S/C19H16F3N5O/c1-3-13-10-27-15(12-4-5-14(16(23)28)11(2)8-12)9-25-18(27)17(26-13)24-7-6-19(20,21)22/h1,4-5,8-10H,6-7H2,2H3,(H2,23,28)(H,24,26). The highest BCUT2D eigenvalue weighted by atomic mass is 19.4. The lowest BCUT2D eigenvalue weighted by atomic mass is 10.0. The molecular formula is C19H16F3N5O. The largest absolute Gasteiger partial charge is 0.390 e. The van der Waals surface area contributed by atoms with Crippen LogP contribution >= 0.6 is 0 Å². The molecule has 1 amide bonds. The summed E-state index contributed by atoms with van der Waals surface area (Å²) in [5.41, 5.74) is 8.39. The molecule has 0 fully saturated rings. The van der Waals surface area contributed by atoms with Crippen LogP contribution in [0.5, 0.6) is 0 Å². The van der Waals surface area contributed by atoms with Gasteiger partial charge >= 0.3 is 6.18 Å². The van der Waals surface area contributed by atoms with E-state index in [1.807, 2.05) is 0 Å². The first-order valence-electron chi connectivity index (χ1n) is 8.26. The van der Waals surface area contributed by atoms with E-state index in [2.05, 4.69) is 21.2 Å². The Morgan fingerprint density at radius 1 is 1.39 bits per heavy atom. The Morgan fingerprint density at radius 3 is 2.75 bits per heavy atom. The molecule has 0 spiro atoms. The highest BCUT2D eigenvalue weighted by molar-refractivity contribution is 5.94. The molecule has 0 aliphatic rings. The quantitative estimate of drug-likeness (QED) is 0.659. The Labute approximate surface area is 158 Å². The summed E-state index contributed by atoms with van der Waals surface area (Å²) >= 11 is 0. The van der Waals surface area contributed by atoms with Crippen molar-refractivity contribution in [1.82, 2.24) is 14.4 Å². The first-order valence-corrected chi connectivity index (χ1v) is 8.26. The normalized spacial score (nSPS) is 11.4. The second-order valence-electron chi connectivity index (χ2n) is 6.14. The van der Waals surface area contributed by atoms with Crippen LogP contribution in [0.1, 0.15) is 28.0 Å². The summed E-state index contributed by atoms with van der Waals surface area (Å²) in [5.74, 6) is 2.02. The monoisotopic (exact) mass is 387 g/mol. The van der Waals surface area contributed by atoms with Gasteiger partial charge in [-0.3, -0.25) is 9.20 Å². The molecule has 2 aromatic heterocycles. The number of halogens is 3. The lowest BCUT2D eigenvalue weighted by Gasteiger charge is -2.11. The maximum atomic E-state index is 12.4. The Kier molecular flexibility index (Phi) is 4.96. The van der Waals surface area contributed by atoms with Gasteiger partial charge < -0.3 is 11.1 Å². The van der Waals surface area contributed by atoms with E-state index in [1.165, 1.54) is 0 Å². The topological polar surface area (TPSA) is 85.3 Å². The molecule has 9 heteroatoms. The number of carbonyl (C=O) groups excluding carboxylic acids is 1. The molecule has 0 aliphatic carbocycles. The fraction of sp³-hybridized carbons (Fsp3) is 0.211. The zero-order valence-corrected chi connectivity index (χ0v) is 14.8. The number of aromatic nitrogens is 3. The molecule has 0 saturated carbocycles. The minimum absolute atomic E-state index is 0.163. The van der Waals surface area contributed by atoms with Crippen LogP contribution in [0.4, 0.5) is 19.0 Å². The highest BCUT2D eigenvalue weighted by Crippen LogP contribution is 2.26. The predicted molar refractivity (Wildman–Crippen MR) is 98.8 cm³/mol. The van der Waals surface area contributed by atoms with Gasteiger partial charge in [0.05, 0.1) is 18.3 Å². The zero-order valence-electron chi connectivity index (χ0n) is 14.8. The number of primary amides is 1. The number of aryl methyl sites for hydroxylation is 1. The number of hydrogen-bond acceptors (Lipinski definition) is 4. The minimum atomic E-state index is -4.28. The SMILES string of the molecule is C#Cc1cn2c(-c3ccc(C(N)=O)c(C)c3)cnc2c(NCCC(F)(F)F)n1. The number of nitrogens with zero attached hydrogens (tertiary/aromatic N) is 3. The third kappa shape index (κ3) is 3.91. The number of fused-ring (bicyclic) bond motifs is 1. The highest BCUT2D eigenvalue weighted by Gasteiger charge is 2.26. The van der Waals surface area contributed by atoms with Crippen molar-refractivity contribution in [3.8, 4) is 23.6 Å². The van der Waals surface area contributed by atoms with Gasteiger partial charge in [0.25, 0.3) is 0 Å². The zero-order chi connectivity index (χ0) is 20.5. The Balaban J connectivity index is 2.04. The molecule has 0 radical (unpaired) electrons. The van der Waals surface area contributed by atoms with Crippen molar-refractivity contribution in [2.24, 2.45) is 5.73 Å². The molecule has 3 aromatic rings. The average Bonchev–Trinajstić information content (AvgIpc) is 3.04. The van der Waals surface area contributed by atoms with E-state index in [-0.39, 0.29) is 18.1 Å². The van der Waals surface area contributed by atoms with E-state index in [4.69, 9.17) is 12.2 Å². The molecule has 3 rings (SSSR count). The van der Waals surface area contributed by atoms with Crippen molar-refractivity contribution in [3.05, 3.63) is 47.4 Å². The van der Waals surface area contributed by atoms with Gasteiger partial charge in [0.15, 0.2) is 11.5 Å². The summed E-state index contributed by atoms with van der Waals surface area (Å²) in [6.45, 7) is 1.40. The number of hydrogen-bond donors (Lipinski definition) is 2. The number of rotatable bonds is 5. The number of nitrogens with one attached hydrogen (secondary N) is 1. The summed E-state index contributed by atoms with van der Waals surface area (Å²) < 4.78 is 38.9. The van der Waals surface area contributed by atoms with Crippen LogP contribution in [-0.2, 0) is 0 Å². The van der Waals surface area contributed by atoms with Gasteiger partial charge in [-0.05, 0) is 30.5 Å². The molecule has 2 heterocycles. The lowest BCUT2D eigenvalue weighted by Crippen LogP contribution is -2.16. The van der Waals surface area contributed by atoms with Crippen LogP contribution in [-0.4, -0.2) is 33.0 Å². The van der Waals surface area contributed by atoms with E-state index < -0.39 is 18.5 Å². The van der Waals surface area contributed by atoms with Crippen molar-refractivity contribution in [2.75, 3.05) is 11.9 Å². The Bertz CT molecular complexity index is 1100. The van der Waals surface area contributed by atoms with Gasteiger partial charge in [0.2, 0.25) is 5.91 Å². The molecule has 144 valence electrons. The van der Waals surface area contributed by atoms with Gasteiger partial charge in [0, 0.05) is 23.9 Å². The van der Waals surface area contributed by atoms with Gasteiger partial charge in [-0.2, -0.15) is 13.2 Å². The number of terminal acetylenes is 1. The van der Waals surface area contributed by atoms with E-state index in [1.54, 1.807) is 41.9 Å². The van der Waals surface area contributed by atoms with Crippen LogP contribution < -0.4 is 11.1 Å². The summed E-state index contributed by atoms with van der Waals surface area (Å²) in [5, 5.41) is 2.65. The average molecular weight is 387 g/mol.